The molecule has 0 aromatic carbocycles. The zero-order valence-electron chi connectivity index (χ0n) is 7.75. The van der Waals surface area contributed by atoms with E-state index in [9.17, 15) is 4.79 Å². The van der Waals surface area contributed by atoms with Crippen LogP contribution in [0, 0.1) is 0 Å². The van der Waals surface area contributed by atoms with Gasteiger partial charge in [-0.3, -0.25) is 4.79 Å². The minimum atomic E-state index is -0.908. The molecule has 14 heavy (non-hydrogen) atoms. The molecular weight excluding hydrogens is 218 g/mol. The number of thioether (sulfide) groups is 1. The molecule has 0 aromatic rings. The summed E-state index contributed by atoms with van der Waals surface area (Å²) in [6.45, 7) is 14.6. The standard InChI is InChI=1S/C10H12ClNOS/c1-5-6(2)14-8(4)7(3)9(12)10(11)13/h5,9H,1-4,12H2/t9-/m0/s1. The first-order valence-corrected chi connectivity index (χ1v) is 4.91. The molecule has 1 atom stereocenters. The van der Waals surface area contributed by atoms with Crippen LogP contribution in [-0.4, -0.2) is 11.3 Å². The van der Waals surface area contributed by atoms with E-state index in [1.807, 2.05) is 0 Å². The highest BCUT2D eigenvalue weighted by molar-refractivity contribution is 8.07. The lowest BCUT2D eigenvalue weighted by molar-refractivity contribution is -0.112. The molecular formula is C10H12ClNOS. The van der Waals surface area contributed by atoms with E-state index in [1.165, 1.54) is 11.8 Å². The van der Waals surface area contributed by atoms with Crippen molar-refractivity contribution in [2.75, 3.05) is 0 Å². The second kappa shape index (κ2) is 5.86. The van der Waals surface area contributed by atoms with Crippen molar-refractivity contribution in [1.82, 2.24) is 0 Å². The Morgan fingerprint density at radius 3 is 2.29 bits per heavy atom. The van der Waals surface area contributed by atoms with Crippen LogP contribution in [0.3, 0.4) is 0 Å². The van der Waals surface area contributed by atoms with Crippen molar-refractivity contribution in [2.24, 2.45) is 5.73 Å². The van der Waals surface area contributed by atoms with Gasteiger partial charge in [-0.2, -0.15) is 0 Å². The molecule has 0 spiro atoms. The first kappa shape index (κ1) is 13.2. The molecule has 4 heteroatoms. The third-order valence-corrected chi connectivity index (χ3v) is 2.63. The summed E-state index contributed by atoms with van der Waals surface area (Å²) >= 11 is 6.48. The van der Waals surface area contributed by atoms with Crippen LogP contribution in [0.5, 0.6) is 0 Å². The van der Waals surface area contributed by atoms with Gasteiger partial charge in [0, 0.05) is 9.81 Å². The van der Waals surface area contributed by atoms with E-state index in [1.54, 1.807) is 6.08 Å². The van der Waals surface area contributed by atoms with Crippen LogP contribution in [0.1, 0.15) is 0 Å². The Kier molecular flexibility index (Phi) is 5.53. The average molecular weight is 230 g/mol. The van der Waals surface area contributed by atoms with E-state index < -0.39 is 11.3 Å². The number of rotatable bonds is 6. The Hall–Kier alpha value is -0.770. The highest BCUT2D eigenvalue weighted by atomic mass is 35.5. The van der Waals surface area contributed by atoms with Crippen molar-refractivity contribution in [3.05, 3.63) is 47.8 Å². The maximum atomic E-state index is 10.7. The van der Waals surface area contributed by atoms with Crippen molar-refractivity contribution in [1.29, 1.82) is 0 Å². The van der Waals surface area contributed by atoms with Gasteiger partial charge in [0.25, 0.3) is 0 Å². The molecule has 0 heterocycles. The summed E-state index contributed by atoms with van der Waals surface area (Å²) in [6, 6.07) is -0.908. The molecule has 0 aliphatic carbocycles. The maximum absolute atomic E-state index is 10.7. The smallest absolute Gasteiger partial charge is 0.242 e. The highest BCUT2D eigenvalue weighted by Crippen LogP contribution is 2.29. The third kappa shape index (κ3) is 3.96. The lowest BCUT2D eigenvalue weighted by Crippen LogP contribution is -2.28. The Balaban J connectivity index is 4.41. The van der Waals surface area contributed by atoms with Gasteiger partial charge in [0.05, 0.1) is 0 Å². The molecule has 0 aliphatic rings. The van der Waals surface area contributed by atoms with Crippen LogP contribution in [0.4, 0.5) is 0 Å². The van der Waals surface area contributed by atoms with Gasteiger partial charge in [0.2, 0.25) is 5.24 Å². The summed E-state index contributed by atoms with van der Waals surface area (Å²) in [6.07, 6.45) is 1.58. The molecule has 0 aromatic heterocycles. The Bertz CT molecular complexity index is 309. The number of hydrogen-bond acceptors (Lipinski definition) is 3. The quantitative estimate of drug-likeness (QED) is 0.562. The van der Waals surface area contributed by atoms with Crippen molar-refractivity contribution >= 4 is 28.6 Å². The number of carbonyl (C=O) groups is 1. The molecule has 0 bridgehead atoms. The average Bonchev–Trinajstić information content (AvgIpc) is 2.14. The van der Waals surface area contributed by atoms with Crippen molar-refractivity contribution in [3.63, 3.8) is 0 Å². The number of carbonyl (C=O) groups excluding carboxylic acids is 1. The molecule has 0 fully saturated rings. The van der Waals surface area contributed by atoms with Gasteiger partial charge in [-0.25, -0.2) is 0 Å². The normalized spacial score (nSPS) is 11.6. The van der Waals surface area contributed by atoms with Crippen molar-refractivity contribution in [3.8, 4) is 0 Å². The SMILES string of the molecule is C=CC(=C)SC(=C)C(=C)[C@H](N)C(=O)Cl. The minimum absolute atomic E-state index is 0.401. The number of halogens is 1. The minimum Gasteiger partial charge on any atom is -0.317 e. The fourth-order valence-electron chi connectivity index (χ4n) is 0.576. The molecule has 0 saturated heterocycles. The number of allylic oxidation sites excluding steroid dienone is 1. The second-order valence-corrected chi connectivity index (χ2v) is 4.10. The molecule has 76 valence electrons. The summed E-state index contributed by atoms with van der Waals surface area (Å²) in [5.74, 6) is 0. The summed E-state index contributed by atoms with van der Waals surface area (Å²) in [5, 5.41) is -0.652. The molecule has 2 N–H and O–H groups in total. The lowest BCUT2D eigenvalue weighted by Gasteiger charge is -2.12. The summed E-state index contributed by atoms with van der Waals surface area (Å²) in [5.41, 5.74) is 5.87. The fourth-order valence-corrected chi connectivity index (χ4v) is 1.37. The number of nitrogens with two attached hydrogens (primary N) is 1. The maximum Gasteiger partial charge on any atom is 0.242 e. The Labute approximate surface area is 93.2 Å². The monoisotopic (exact) mass is 229 g/mol. The van der Waals surface area contributed by atoms with Crippen LogP contribution in [0.25, 0.3) is 0 Å². The summed E-state index contributed by atoms with van der Waals surface area (Å²) in [7, 11) is 0. The van der Waals surface area contributed by atoms with Gasteiger partial charge >= 0.3 is 0 Å². The van der Waals surface area contributed by atoms with E-state index in [0.717, 1.165) is 0 Å². The van der Waals surface area contributed by atoms with E-state index in [4.69, 9.17) is 17.3 Å². The molecule has 0 unspecified atom stereocenters. The van der Waals surface area contributed by atoms with Gasteiger partial charge in [-0.15, -0.1) is 0 Å². The van der Waals surface area contributed by atoms with Gasteiger partial charge in [0.15, 0.2) is 0 Å². The molecule has 0 aliphatic heterocycles. The lowest BCUT2D eigenvalue weighted by atomic mass is 10.1. The fraction of sp³-hybridized carbons (Fsp3) is 0.100. The Morgan fingerprint density at radius 2 is 1.93 bits per heavy atom. The second-order valence-electron chi connectivity index (χ2n) is 2.50. The van der Waals surface area contributed by atoms with E-state index in [0.29, 0.717) is 15.4 Å². The van der Waals surface area contributed by atoms with Crippen molar-refractivity contribution < 1.29 is 4.79 Å². The Morgan fingerprint density at radius 1 is 1.43 bits per heavy atom. The molecule has 2 nitrogen and oxygen atoms in total. The predicted octanol–water partition coefficient (Wildman–Crippen LogP) is 2.58. The highest BCUT2D eigenvalue weighted by Gasteiger charge is 2.16. The van der Waals surface area contributed by atoms with E-state index in [2.05, 4.69) is 26.3 Å². The number of hydrogen-bond donors (Lipinski definition) is 1. The molecule has 0 saturated carbocycles. The zero-order chi connectivity index (χ0) is 11.3. The summed E-state index contributed by atoms with van der Waals surface area (Å²) < 4.78 is 0. The third-order valence-electron chi connectivity index (χ3n) is 1.46. The molecule has 0 rings (SSSR count). The van der Waals surface area contributed by atoms with Crippen LogP contribution < -0.4 is 5.73 Å². The van der Waals surface area contributed by atoms with Gasteiger partial charge in [-0.1, -0.05) is 44.2 Å². The molecule has 0 radical (unpaired) electrons. The first-order chi connectivity index (χ1) is 6.40. The van der Waals surface area contributed by atoms with Gasteiger partial charge < -0.3 is 5.73 Å². The van der Waals surface area contributed by atoms with Gasteiger partial charge in [-0.05, 0) is 17.2 Å². The van der Waals surface area contributed by atoms with Crippen LogP contribution in [-0.2, 0) is 4.79 Å². The topological polar surface area (TPSA) is 43.1 Å². The van der Waals surface area contributed by atoms with Gasteiger partial charge in [0.1, 0.15) is 6.04 Å². The van der Waals surface area contributed by atoms with Crippen LogP contribution in [0.2, 0.25) is 0 Å². The van der Waals surface area contributed by atoms with E-state index >= 15 is 0 Å². The first-order valence-electron chi connectivity index (χ1n) is 3.72. The van der Waals surface area contributed by atoms with Crippen molar-refractivity contribution in [2.45, 2.75) is 6.04 Å². The largest absolute Gasteiger partial charge is 0.317 e. The summed E-state index contributed by atoms with van der Waals surface area (Å²) in [4.78, 5) is 12.0. The molecule has 0 amide bonds. The van der Waals surface area contributed by atoms with Crippen LogP contribution >= 0.6 is 23.4 Å². The zero-order valence-corrected chi connectivity index (χ0v) is 9.33. The van der Waals surface area contributed by atoms with E-state index in [-0.39, 0.29) is 0 Å². The van der Waals surface area contributed by atoms with Crippen LogP contribution in [0.15, 0.2) is 47.8 Å². The predicted molar refractivity (Wildman–Crippen MR) is 64.0 cm³/mol.